The number of halogens is 2. The van der Waals surface area contributed by atoms with Gasteiger partial charge in [-0.25, -0.2) is 4.90 Å². The van der Waals surface area contributed by atoms with Crippen LogP contribution in [0.5, 0.6) is 0 Å². The summed E-state index contributed by atoms with van der Waals surface area (Å²) >= 11 is 10.5. The molecule has 9 heteroatoms. The molecular weight excluding hydrogens is 476 g/mol. The van der Waals surface area contributed by atoms with Crippen molar-refractivity contribution in [2.24, 2.45) is 0 Å². The zero-order valence-corrected chi connectivity index (χ0v) is 17.9. The number of nitrogens with one attached hydrogen (secondary N) is 1. The Kier molecular flexibility index (Phi) is 6.60. The molecule has 1 saturated heterocycles. The molecule has 2 amide bonds. The van der Waals surface area contributed by atoms with E-state index in [1.807, 2.05) is 18.2 Å². The van der Waals surface area contributed by atoms with E-state index >= 15 is 0 Å². The van der Waals surface area contributed by atoms with Crippen LogP contribution in [0.25, 0.3) is 0 Å². The summed E-state index contributed by atoms with van der Waals surface area (Å²) in [5.41, 5.74) is 0.789. The van der Waals surface area contributed by atoms with Gasteiger partial charge in [-0.15, -0.1) is 0 Å². The number of carbonyl (C=O) groups is 2. The predicted octanol–water partition coefficient (Wildman–Crippen LogP) is 4.84. The Morgan fingerprint density at radius 2 is 1.86 bits per heavy atom. The minimum atomic E-state index is -0.787. The summed E-state index contributed by atoms with van der Waals surface area (Å²) in [6, 6.07) is 17.5. The van der Waals surface area contributed by atoms with Gasteiger partial charge < -0.3 is 5.32 Å². The average molecular weight is 488 g/mol. The fourth-order valence-electron chi connectivity index (χ4n) is 2.68. The fraction of sp³-hybridized carbons (Fsp3) is 0.100. The lowest BCUT2D eigenvalue weighted by molar-refractivity contribution is -0.121. The van der Waals surface area contributed by atoms with Gasteiger partial charge in [0.1, 0.15) is 17.2 Å². The number of amides is 2. The number of nitriles is 2. The molecule has 0 bridgehead atoms. The lowest BCUT2D eigenvalue weighted by Crippen LogP contribution is -2.31. The first kappa shape index (κ1) is 20.9. The van der Waals surface area contributed by atoms with E-state index in [1.54, 1.807) is 42.5 Å². The first-order valence-electron chi connectivity index (χ1n) is 8.29. The molecule has 1 atom stereocenters. The summed E-state index contributed by atoms with van der Waals surface area (Å²) in [5.74, 6) is -0.849. The normalized spacial score (nSPS) is 15.6. The lowest BCUT2D eigenvalue weighted by atomic mass is 10.3. The molecule has 0 saturated carbocycles. The molecule has 1 heterocycles. The van der Waals surface area contributed by atoms with Gasteiger partial charge in [0.15, 0.2) is 5.57 Å². The number of rotatable bonds is 5. The topological polar surface area (TPSA) is 97.0 Å². The number of benzene rings is 2. The van der Waals surface area contributed by atoms with Crippen molar-refractivity contribution in [1.82, 2.24) is 0 Å². The van der Waals surface area contributed by atoms with Crippen LogP contribution in [0.2, 0.25) is 5.02 Å². The van der Waals surface area contributed by atoms with Gasteiger partial charge in [0, 0.05) is 16.6 Å². The van der Waals surface area contributed by atoms with Gasteiger partial charge in [0.2, 0.25) is 11.8 Å². The largest absolute Gasteiger partial charge is 0.349 e. The Morgan fingerprint density at radius 3 is 2.48 bits per heavy atom. The van der Waals surface area contributed by atoms with Crippen LogP contribution in [-0.4, -0.2) is 17.1 Å². The molecule has 3 rings (SSSR count). The molecule has 1 aliphatic rings. The second kappa shape index (κ2) is 9.15. The number of hydrogen-bond acceptors (Lipinski definition) is 6. The molecule has 1 fully saturated rings. The third-order valence-electron chi connectivity index (χ3n) is 4.00. The lowest BCUT2D eigenvalue weighted by Gasteiger charge is -2.17. The zero-order valence-electron chi connectivity index (χ0n) is 14.7. The molecule has 1 aliphatic heterocycles. The number of carbonyl (C=O) groups excluding carboxylic acids is 2. The molecule has 2 aromatic carbocycles. The molecule has 0 aliphatic carbocycles. The fourth-order valence-corrected chi connectivity index (χ4v) is 4.54. The molecule has 1 N–H and O–H groups in total. The quantitative estimate of drug-likeness (QED) is 0.479. The van der Waals surface area contributed by atoms with E-state index in [1.165, 1.54) is 0 Å². The van der Waals surface area contributed by atoms with Crippen LogP contribution in [0.4, 0.5) is 11.4 Å². The monoisotopic (exact) mass is 486 g/mol. The molecule has 2 aromatic rings. The summed E-state index contributed by atoms with van der Waals surface area (Å²) in [4.78, 5) is 26.5. The van der Waals surface area contributed by atoms with Crippen LogP contribution in [-0.2, 0) is 9.59 Å². The number of anilines is 2. The Morgan fingerprint density at radius 1 is 1.17 bits per heavy atom. The van der Waals surface area contributed by atoms with E-state index < -0.39 is 17.1 Å². The number of para-hydroxylation sites is 1. The predicted molar refractivity (Wildman–Crippen MR) is 116 cm³/mol. The highest BCUT2D eigenvalue weighted by Gasteiger charge is 2.41. The summed E-state index contributed by atoms with van der Waals surface area (Å²) in [7, 11) is 0. The Labute approximate surface area is 184 Å². The first-order chi connectivity index (χ1) is 13.9. The maximum absolute atomic E-state index is 12.9. The van der Waals surface area contributed by atoms with Crippen molar-refractivity contribution in [2.45, 2.75) is 11.7 Å². The summed E-state index contributed by atoms with van der Waals surface area (Å²) in [5, 5.41) is 21.3. The van der Waals surface area contributed by atoms with Gasteiger partial charge in [0.25, 0.3) is 0 Å². The van der Waals surface area contributed by atoms with Gasteiger partial charge in [-0.3, -0.25) is 9.59 Å². The molecule has 0 unspecified atom stereocenters. The molecule has 0 aromatic heterocycles. The van der Waals surface area contributed by atoms with Crippen LogP contribution in [0, 0.1) is 22.7 Å². The van der Waals surface area contributed by atoms with E-state index in [0.29, 0.717) is 11.4 Å². The van der Waals surface area contributed by atoms with Crippen molar-refractivity contribution in [3.05, 3.63) is 68.6 Å². The van der Waals surface area contributed by atoms with Crippen molar-refractivity contribution >= 4 is 62.5 Å². The van der Waals surface area contributed by atoms with Gasteiger partial charge >= 0.3 is 0 Å². The molecule has 0 spiro atoms. The Balaban J connectivity index is 1.88. The highest BCUT2D eigenvalue weighted by atomic mass is 79.9. The molecule has 6 nitrogen and oxygen atoms in total. The summed E-state index contributed by atoms with van der Waals surface area (Å²) < 4.78 is 0.723. The van der Waals surface area contributed by atoms with Gasteiger partial charge in [0.05, 0.1) is 16.0 Å². The van der Waals surface area contributed by atoms with Crippen molar-refractivity contribution in [2.75, 3.05) is 10.2 Å². The molecule has 144 valence electrons. The third-order valence-corrected chi connectivity index (χ3v) is 5.99. The number of allylic oxidation sites excluding steroid dienone is 1. The second-order valence-corrected chi connectivity index (χ2v) is 8.43. The number of hydrogen-bond donors (Lipinski definition) is 1. The highest BCUT2D eigenvalue weighted by molar-refractivity contribution is 9.10. The number of imide groups is 1. The maximum Gasteiger partial charge on any atom is 0.247 e. The third kappa shape index (κ3) is 4.63. The molecule has 29 heavy (non-hydrogen) atoms. The van der Waals surface area contributed by atoms with Crippen molar-refractivity contribution in [3.63, 3.8) is 0 Å². The van der Waals surface area contributed by atoms with Crippen LogP contribution in [0.3, 0.4) is 0 Å². The van der Waals surface area contributed by atoms with E-state index in [9.17, 15) is 20.1 Å². The zero-order chi connectivity index (χ0) is 21.0. The minimum absolute atomic E-state index is 0.0694. The SMILES string of the molecule is N#CC(C#N)=C(Nc1ccccc1)S[C@H]1CC(=O)N(c2ccc(Br)cc2Cl)C1=O. The number of nitrogens with zero attached hydrogens (tertiary/aromatic N) is 3. The van der Waals surface area contributed by atoms with Gasteiger partial charge in [-0.05, 0) is 30.3 Å². The van der Waals surface area contributed by atoms with Crippen LogP contribution in [0.1, 0.15) is 6.42 Å². The molecular formula is C20H12BrClN4O2S. The summed E-state index contributed by atoms with van der Waals surface area (Å²) in [6.07, 6.45) is -0.0694. The number of thioether (sulfide) groups is 1. The van der Waals surface area contributed by atoms with E-state index in [2.05, 4.69) is 21.2 Å². The van der Waals surface area contributed by atoms with E-state index in [0.717, 1.165) is 21.1 Å². The minimum Gasteiger partial charge on any atom is -0.349 e. The Bertz CT molecular complexity index is 1080. The average Bonchev–Trinajstić information content (AvgIpc) is 2.97. The van der Waals surface area contributed by atoms with Crippen molar-refractivity contribution in [1.29, 1.82) is 10.5 Å². The van der Waals surface area contributed by atoms with Crippen LogP contribution in [0.15, 0.2) is 63.6 Å². The van der Waals surface area contributed by atoms with Crippen LogP contribution < -0.4 is 10.2 Å². The second-order valence-electron chi connectivity index (χ2n) is 5.89. The Hall–Kier alpha value is -2.78. The molecule has 0 radical (unpaired) electrons. The van der Waals surface area contributed by atoms with Crippen molar-refractivity contribution < 1.29 is 9.59 Å². The van der Waals surface area contributed by atoms with Crippen LogP contribution >= 0.6 is 39.3 Å². The standard InChI is InChI=1S/C20H12BrClN4O2S/c21-13-6-7-16(15(22)8-13)26-18(27)9-17(20(26)28)29-19(12(10-23)11-24)25-14-4-2-1-3-5-14/h1-8,17,25H,9H2/t17-/m0/s1. The van der Waals surface area contributed by atoms with E-state index in [-0.39, 0.29) is 22.0 Å². The summed E-state index contributed by atoms with van der Waals surface area (Å²) in [6.45, 7) is 0. The van der Waals surface area contributed by atoms with Gasteiger partial charge in [-0.2, -0.15) is 10.5 Å². The highest BCUT2D eigenvalue weighted by Crippen LogP contribution is 2.38. The van der Waals surface area contributed by atoms with Crippen molar-refractivity contribution in [3.8, 4) is 12.1 Å². The maximum atomic E-state index is 12.9. The smallest absolute Gasteiger partial charge is 0.247 e. The van der Waals surface area contributed by atoms with Gasteiger partial charge in [-0.1, -0.05) is 57.5 Å². The van der Waals surface area contributed by atoms with E-state index in [4.69, 9.17) is 11.6 Å². The first-order valence-corrected chi connectivity index (χ1v) is 10.3.